The van der Waals surface area contributed by atoms with E-state index in [1.807, 2.05) is 5.38 Å². The minimum Gasteiger partial charge on any atom is -0.297 e. The van der Waals surface area contributed by atoms with Crippen LogP contribution < -0.4 is 5.56 Å². The standard InChI is InChI=1S/C21H25N3OS/c1-16-2-4-17(5-3-16)6-7-18-8-10-23(11-9-18)15-19-14-20(25)24-12-13-26-21(24)22-19/h2-5,12-14,18H,6-11,15H2,1H3. The number of hydrogen-bond donors (Lipinski definition) is 0. The molecule has 0 radical (unpaired) electrons. The number of thiazole rings is 1. The minimum absolute atomic E-state index is 0.0271. The van der Waals surface area contributed by atoms with Gasteiger partial charge in [-0.3, -0.25) is 14.1 Å². The van der Waals surface area contributed by atoms with Gasteiger partial charge in [-0.15, -0.1) is 11.3 Å². The average molecular weight is 368 g/mol. The summed E-state index contributed by atoms with van der Waals surface area (Å²) in [5, 5.41) is 1.91. The van der Waals surface area contributed by atoms with E-state index in [-0.39, 0.29) is 5.56 Å². The third kappa shape index (κ3) is 4.05. The van der Waals surface area contributed by atoms with E-state index in [4.69, 9.17) is 0 Å². The highest BCUT2D eigenvalue weighted by atomic mass is 32.1. The predicted molar refractivity (Wildman–Crippen MR) is 107 cm³/mol. The van der Waals surface area contributed by atoms with Gasteiger partial charge in [-0.25, -0.2) is 4.98 Å². The number of fused-ring (bicyclic) bond motifs is 1. The Bertz CT molecular complexity index is 920. The molecule has 0 N–H and O–H groups in total. The van der Waals surface area contributed by atoms with E-state index < -0.39 is 0 Å². The van der Waals surface area contributed by atoms with Gasteiger partial charge in [0.25, 0.3) is 5.56 Å². The Kier molecular flexibility index (Phi) is 5.18. The molecule has 0 amide bonds. The van der Waals surface area contributed by atoms with Crippen LogP contribution in [0.15, 0.2) is 46.7 Å². The van der Waals surface area contributed by atoms with Crippen molar-refractivity contribution in [2.24, 2.45) is 5.92 Å². The largest absolute Gasteiger partial charge is 0.297 e. The molecule has 0 aliphatic carbocycles. The van der Waals surface area contributed by atoms with Gasteiger partial charge in [0.2, 0.25) is 0 Å². The van der Waals surface area contributed by atoms with Gasteiger partial charge in [-0.05, 0) is 57.2 Å². The van der Waals surface area contributed by atoms with Gasteiger partial charge >= 0.3 is 0 Å². The second-order valence-electron chi connectivity index (χ2n) is 7.39. The molecule has 1 saturated heterocycles. The molecule has 3 heterocycles. The lowest BCUT2D eigenvalue weighted by molar-refractivity contribution is 0.171. The lowest BCUT2D eigenvalue weighted by atomic mass is 9.90. The van der Waals surface area contributed by atoms with Crippen molar-refractivity contribution in [2.45, 2.75) is 39.2 Å². The number of piperidine rings is 1. The number of benzene rings is 1. The summed E-state index contributed by atoms with van der Waals surface area (Å²) in [6.07, 6.45) is 6.73. The highest BCUT2D eigenvalue weighted by Crippen LogP contribution is 2.23. The Balaban J connectivity index is 1.29. The lowest BCUT2D eigenvalue weighted by Gasteiger charge is -2.31. The maximum absolute atomic E-state index is 12.1. The van der Waals surface area contributed by atoms with Crippen LogP contribution in [0.2, 0.25) is 0 Å². The Labute approximate surface area is 158 Å². The molecular weight excluding hydrogens is 342 g/mol. The van der Waals surface area contributed by atoms with Crippen LogP contribution in [0.3, 0.4) is 0 Å². The van der Waals surface area contributed by atoms with Gasteiger partial charge in [0, 0.05) is 24.2 Å². The topological polar surface area (TPSA) is 37.6 Å². The molecule has 3 aromatic rings. The maximum Gasteiger partial charge on any atom is 0.258 e. The van der Waals surface area contributed by atoms with Crippen LogP contribution in [-0.2, 0) is 13.0 Å². The van der Waals surface area contributed by atoms with Gasteiger partial charge in [0.15, 0.2) is 4.96 Å². The SMILES string of the molecule is Cc1ccc(CCC2CCN(Cc3cc(=O)n4ccsc4n3)CC2)cc1. The van der Waals surface area contributed by atoms with E-state index in [1.165, 1.54) is 48.1 Å². The van der Waals surface area contributed by atoms with Gasteiger partial charge < -0.3 is 0 Å². The zero-order valence-electron chi connectivity index (χ0n) is 15.2. The summed E-state index contributed by atoms with van der Waals surface area (Å²) in [5.74, 6) is 0.811. The zero-order chi connectivity index (χ0) is 17.9. The maximum atomic E-state index is 12.1. The summed E-state index contributed by atoms with van der Waals surface area (Å²) >= 11 is 1.52. The molecular formula is C21H25N3OS. The fraction of sp³-hybridized carbons (Fsp3) is 0.429. The zero-order valence-corrected chi connectivity index (χ0v) is 16.0. The van der Waals surface area contributed by atoms with Gasteiger partial charge in [-0.1, -0.05) is 29.8 Å². The fourth-order valence-electron chi connectivity index (χ4n) is 3.76. The first kappa shape index (κ1) is 17.4. The van der Waals surface area contributed by atoms with Crippen molar-refractivity contribution in [3.8, 4) is 0 Å². The van der Waals surface area contributed by atoms with Crippen molar-refractivity contribution in [2.75, 3.05) is 13.1 Å². The molecule has 1 aliphatic heterocycles. The molecule has 0 saturated carbocycles. The molecule has 0 bridgehead atoms. The lowest BCUT2D eigenvalue weighted by Crippen LogP contribution is -2.34. The molecule has 0 spiro atoms. The van der Waals surface area contributed by atoms with Crippen molar-refractivity contribution in [1.82, 2.24) is 14.3 Å². The van der Waals surface area contributed by atoms with E-state index >= 15 is 0 Å². The number of nitrogens with zero attached hydrogens (tertiary/aromatic N) is 3. The fourth-order valence-corrected chi connectivity index (χ4v) is 4.50. The Hall–Kier alpha value is -1.98. The molecule has 2 aromatic heterocycles. The Morgan fingerprint density at radius 1 is 1.19 bits per heavy atom. The second kappa shape index (κ2) is 7.72. The van der Waals surface area contributed by atoms with Gasteiger partial charge in [0.1, 0.15) is 0 Å². The number of hydrogen-bond acceptors (Lipinski definition) is 4. The molecule has 136 valence electrons. The first-order chi connectivity index (χ1) is 12.7. The normalized spacial score (nSPS) is 16.3. The third-order valence-electron chi connectivity index (χ3n) is 5.41. The van der Waals surface area contributed by atoms with Crippen LogP contribution in [0.5, 0.6) is 0 Å². The first-order valence-electron chi connectivity index (χ1n) is 9.41. The van der Waals surface area contributed by atoms with E-state index in [1.54, 1.807) is 16.7 Å². The van der Waals surface area contributed by atoms with Crippen LogP contribution in [0.4, 0.5) is 0 Å². The van der Waals surface area contributed by atoms with Crippen LogP contribution in [0.1, 0.15) is 36.1 Å². The molecule has 4 rings (SSSR count). The quantitative estimate of drug-likeness (QED) is 0.686. The monoisotopic (exact) mass is 367 g/mol. The van der Waals surface area contributed by atoms with Crippen molar-refractivity contribution < 1.29 is 0 Å². The van der Waals surface area contributed by atoms with Crippen LogP contribution in [0, 0.1) is 12.8 Å². The molecule has 0 atom stereocenters. The van der Waals surface area contributed by atoms with Gasteiger partial charge in [-0.2, -0.15) is 0 Å². The number of likely N-dealkylation sites (tertiary alicyclic amines) is 1. The molecule has 26 heavy (non-hydrogen) atoms. The molecule has 1 aromatic carbocycles. The Morgan fingerprint density at radius 2 is 1.96 bits per heavy atom. The summed E-state index contributed by atoms with van der Waals surface area (Å²) in [7, 11) is 0. The second-order valence-corrected chi connectivity index (χ2v) is 8.26. The minimum atomic E-state index is 0.0271. The summed E-state index contributed by atoms with van der Waals surface area (Å²) < 4.78 is 1.62. The molecule has 5 heteroatoms. The van der Waals surface area contributed by atoms with E-state index in [0.717, 1.165) is 36.2 Å². The molecule has 1 aliphatic rings. The number of rotatable bonds is 5. The molecule has 0 unspecified atom stereocenters. The Morgan fingerprint density at radius 3 is 2.73 bits per heavy atom. The summed E-state index contributed by atoms with van der Waals surface area (Å²) in [4.78, 5) is 20.0. The molecule has 1 fully saturated rings. The summed E-state index contributed by atoms with van der Waals surface area (Å²) in [6, 6.07) is 10.6. The van der Waals surface area contributed by atoms with Crippen LogP contribution in [0.25, 0.3) is 4.96 Å². The van der Waals surface area contributed by atoms with E-state index in [0.29, 0.717) is 0 Å². The van der Waals surface area contributed by atoms with Crippen molar-refractivity contribution in [3.05, 3.63) is 69.1 Å². The van der Waals surface area contributed by atoms with E-state index in [2.05, 4.69) is 41.1 Å². The highest BCUT2D eigenvalue weighted by Gasteiger charge is 2.20. The number of aromatic nitrogens is 2. The average Bonchev–Trinajstić information content (AvgIpc) is 3.12. The first-order valence-corrected chi connectivity index (χ1v) is 10.3. The van der Waals surface area contributed by atoms with Crippen molar-refractivity contribution >= 4 is 16.3 Å². The smallest absolute Gasteiger partial charge is 0.258 e. The molecule has 4 nitrogen and oxygen atoms in total. The summed E-state index contributed by atoms with van der Waals surface area (Å²) in [6.45, 7) is 5.13. The van der Waals surface area contributed by atoms with Crippen LogP contribution >= 0.6 is 11.3 Å². The third-order valence-corrected chi connectivity index (χ3v) is 6.17. The van der Waals surface area contributed by atoms with Gasteiger partial charge in [0.05, 0.1) is 5.69 Å². The van der Waals surface area contributed by atoms with Crippen LogP contribution in [-0.4, -0.2) is 27.4 Å². The predicted octanol–water partition coefficient (Wildman–Crippen LogP) is 3.91. The number of aryl methyl sites for hydroxylation is 2. The van der Waals surface area contributed by atoms with E-state index in [9.17, 15) is 4.79 Å². The van der Waals surface area contributed by atoms with Crippen molar-refractivity contribution in [1.29, 1.82) is 0 Å². The van der Waals surface area contributed by atoms with Crippen molar-refractivity contribution in [3.63, 3.8) is 0 Å². The highest BCUT2D eigenvalue weighted by molar-refractivity contribution is 7.15. The summed E-state index contributed by atoms with van der Waals surface area (Å²) in [5.41, 5.74) is 3.71.